The average Bonchev–Trinajstić information content (AvgIpc) is 2.89. The normalized spacial score (nSPS) is 25.9. The molecule has 7 heteroatoms. The third-order valence-corrected chi connectivity index (χ3v) is 9.00. The number of aromatic hydroxyl groups is 1. The largest absolute Gasteiger partial charge is 0.510 e. The van der Waals surface area contributed by atoms with Crippen molar-refractivity contribution in [3.8, 4) is 16.9 Å². The Morgan fingerprint density at radius 1 is 1.10 bits per heavy atom. The third-order valence-electron chi connectivity index (χ3n) is 9.00. The molecule has 0 fully saturated rings. The topological polar surface area (TPSA) is 122 Å². The van der Waals surface area contributed by atoms with E-state index in [1.807, 2.05) is 25.1 Å². The molecule has 0 bridgehead atoms. The van der Waals surface area contributed by atoms with E-state index < -0.39 is 17.6 Å². The second-order valence-corrected chi connectivity index (χ2v) is 12.1. The van der Waals surface area contributed by atoms with E-state index >= 15 is 0 Å². The van der Waals surface area contributed by atoms with Gasteiger partial charge in [-0.15, -0.1) is 0 Å². The van der Waals surface area contributed by atoms with Crippen LogP contribution in [0.4, 0.5) is 0 Å². The molecular formula is C34H41N3O4. The van der Waals surface area contributed by atoms with Gasteiger partial charge in [0.05, 0.1) is 6.04 Å². The Morgan fingerprint density at radius 3 is 2.34 bits per heavy atom. The van der Waals surface area contributed by atoms with Crippen molar-refractivity contribution in [2.24, 2.45) is 17.6 Å². The minimum atomic E-state index is -1.89. The van der Waals surface area contributed by atoms with E-state index in [0.717, 1.165) is 23.2 Å². The van der Waals surface area contributed by atoms with Crippen LogP contribution in [0.2, 0.25) is 0 Å². The number of hydrogen-bond donors (Lipinski definition) is 6. The molecule has 41 heavy (non-hydrogen) atoms. The summed E-state index contributed by atoms with van der Waals surface area (Å²) in [4.78, 5) is 1.82. The lowest BCUT2D eigenvalue weighted by atomic mass is 9.57. The Morgan fingerprint density at radius 2 is 1.76 bits per heavy atom. The van der Waals surface area contributed by atoms with E-state index in [0.29, 0.717) is 35.6 Å². The molecule has 5 rings (SSSR count). The molecule has 3 aliphatic rings. The number of fused-ring (bicyclic) bond motifs is 3. The molecule has 0 aromatic heterocycles. The number of nitrogens with two attached hydrogens (primary N) is 1. The number of rotatable bonds is 6. The van der Waals surface area contributed by atoms with Crippen molar-refractivity contribution in [3.05, 3.63) is 107 Å². The van der Waals surface area contributed by atoms with Crippen LogP contribution in [0.15, 0.2) is 90.1 Å². The summed E-state index contributed by atoms with van der Waals surface area (Å²) in [6.07, 6.45) is 0.966. The van der Waals surface area contributed by atoms with Gasteiger partial charge in [-0.05, 0) is 72.3 Å². The molecule has 2 aromatic rings. The fraction of sp³-hybridized carbons (Fsp3) is 0.353. The van der Waals surface area contributed by atoms with Crippen LogP contribution >= 0.6 is 0 Å². The number of phenols is 1. The minimum absolute atomic E-state index is 0.0150. The Labute approximate surface area is 242 Å². The summed E-state index contributed by atoms with van der Waals surface area (Å²) in [6, 6.07) is 11.7. The molecule has 3 aliphatic carbocycles. The van der Waals surface area contributed by atoms with Gasteiger partial charge in [0.2, 0.25) is 0 Å². The first-order chi connectivity index (χ1) is 19.3. The van der Waals surface area contributed by atoms with Crippen LogP contribution in [-0.4, -0.2) is 57.1 Å². The van der Waals surface area contributed by atoms with E-state index in [9.17, 15) is 20.4 Å². The summed E-state index contributed by atoms with van der Waals surface area (Å²) in [5.41, 5.74) is 10.2. The fourth-order valence-corrected chi connectivity index (χ4v) is 7.07. The van der Waals surface area contributed by atoms with Crippen molar-refractivity contribution >= 4 is 5.57 Å². The lowest BCUT2D eigenvalue weighted by Gasteiger charge is -2.53. The maximum Gasteiger partial charge on any atom is 0.151 e. The summed E-state index contributed by atoms with van der Waals surface area (Å²) >= 11 is 0. The van der Waals surface area contributed by atoms with Crippen molar-refractivity contribution in [3.63, 3.8) is 0 Å². The number of benzene rings is 2. The maximum absolute atomic E-state index is 12.2. The van der Waals surface area contributed by atoms with Gasteiger partial charge in [-0.1, -0.05) is 63.9 Å². The summed E-state index contributed by atoms with van der Waals surface area (Å²) in [7, 11) is 3.63. The summed E-state index contributed by atoms with van der Waals surface area (Å²) in [6.45, 7) is 17.2. The molecule has 0 heterocycles. The number of phenolic OH excluding ortho intramolecular Hbond substituents is 1. The summed E-state index contributed by atoms with van der Waals surface area (Å²) in [5.74, 6) is -1.02. The van der Waals surface area contributed by atoms with Crippen LogP contribution in [0.25, 0.3) is 16.7 Å². The monoisotopic (exact) mass is 555 g/mol. The van der Waals surface area contributed by atoms with Crippen LogP contribution in [0, 0.1) is 11.8 Å². The molecule has 0 spiro atoms. The molecule has 1 unspecified atom stereocenters. The van der Waals surface area contributed by atoms with Crippen LogP contribution in [-0.2, 0) is 13.0 Å². The van der Waals surface area contributed by atoms with Crippen LogP contribution in [0.5, 0.6) is 5.75 Å². The first-order valence-corrected chi connectivity index (χ1v) is 14.1. The van der Waals surface area contributed by atoms with Gasteiger partial charge in [-0.2, -0.15) is 0 Å². The maximum atomic E-state index is 12.2. The Hall–Kier alpha value is -3.78. The molecule has 0 saturated heterocycles. The zero-order valence-electron chi connectivity index (χ0n) is 24.3. The smallest absolute Gasteiger partial charge is 0.151 e. The molecular weight excluding hydrogens is 514 g/mol. The van der Waals surface area contributed by atoms with E-state index in [4.69, 9.17) is 5.73 Å². The molecule has 216 valence electrons. The highest BCUT2D eigenvalue weighted by Crippen LogP contribution is 2.58. The van der Waals surface area contributed by atoms with Gasteiger partial charge in [0.25, 0.3) is 0 Å². The van der Waals surface area contributed by atoms with Crippen molar-refractivity contribution < 1.29 is 20.4 Å². The predicted octanol–water partition coefficient (Wildman–Crippen LogP) is 5.09. The zero-order valence-corrected chi connectivity index (χ0v) is 24.3. The van der Waals surface area contributed by atoms with E-state index in [-0.39, 0.29) is 40.0 Å². The van der Waals surface area contributed by atoms with Crippen molar-refractivity contribution in [2.45, 2.75) is 50.9 Å². The van der Waals surface area contributed by atoms with Crippen LogP contribution in [0.3, 0.4) is 0 Å². The number of likely N-dealkylation sites (N-methyl/N-ethyl adjacent to an activating group) is 1. The van der Waals surface area contributed by atoms with Gasteiger partial charge < -0.3 is 31.5 Å². The van der Waals surface area contributed by atoms with Gasteiger partial charge >= 0.3 is 0 Å². The quantitative estimate of drug-likeness (QED) is 0.294. The highest BCUT2D eigenvalue weighted by molar-refractivity contribution is 5.90. The lowest BCUT2D eigenvalue weighted by Crippen LogP contribution is -2.59. The molecule has 4 atom stereocenters. The van der Waals surface area contributed by atoms with Gasteiger partial charge in [0.15, 0.2) is 5.60 Å². The molecule has 7 nitrogen and oxygen atoms in total. The number of aliphatic hydroxyl groups excluding tert-OH is 2. The Kier molecular flexibility index (Phi) is 7.18. The van der Waals surface area contributed by atoms with Gasteiger partial charge in [-0.3, -0.25) is 4.90 Å². The summed E-state index contributed by atoms with van der Waals surface area (Å²) < 4.78 is 0. The standard InChI is InChI=1S/C34H41N3O4/c1-17(2)36-16-21-8-10-22(11-9-21)24-12-13-27(38)29-18(3)28-23(14-25(24)29)15-26-31(37(6)7)32(39)30(20(5)35)19(4)34(26,41)33(28)40/h8-13,17,23,26,31,36,38-41H,3-5,14-16,35H2,1-2,6-7H3/t23-,26-,31?,34-/m0/s1. The second kappa shape index (κ2) is 10.2. The minimum Gasteiger partial charge on any atom is -0.510 e. The molecule has 7 N–H and O–H groups in total. The molecule has 0 amide bonds. The van der Waals surface area contributed by atoms with Crippen molar-refractivity contribution in [1.29, 1.82) is 0 Å². The highest BCUT2D eigenvalue weighted by Gasteiger charge is 2.59. The number of nitrogens with one attached hydrogen (secondary N) is 1. The molecule has 0 saturated carbocycles. The van der Waals surface area contributed by atoms with Crippen LogP contribution < -0.4 is 11.1 Å². The fourth-order valence-electron chi connectivity index (χ4n) is 7.07. The van der Waals surface area contributed by atoms with Crippen LogP contribution in [0.1, 0.15) is 37.0 Å². The number of aliphatic hydroxyl groups is 3. The van der Waals surface area contributed by atoms with Crippen molar-refractivity contribution in [1.82, 2.24) is 10.2 Å². The van der Waals surface area contributed by atoms with E-state index in [1.165, 1.54) is 5.56 Å². The highest BCUT2D eigenvalue weighted by atomic mass is 16.3. The first kappa shape index (κ1) is 28.7. The van der Waals surface area contributed by atoms with E-state index in [2.05, 4.69) is 63.2 Å². The Bertz CT molecular complexity index is 1520. The summed E-state index contributed by atoms with van der Waals surface area (Å²) in [5, 5.41) is 49.8. The molecule has 0 aliphatic heterocycles. The molecule has 0 radical (unpaired) electrons. The zero-order chi connectivity index (χ0) is 30.0. The SMILES string of the molecule is C=C(N)C1=C(O)C(N(C)C)[C@@H]2C[C@@H]3Cc4c(-c5ccc(CNC(C)C)cc5)ccc(O)c4C(=C)C3=C(O)[C@]2(O)C1=C. The number of allylic oxidation sites excluding steroid dienone is 3. The number of nitrogens with zero attached hydrogens (tertiary/aromatic N) is 1. The predicted molar refractivity (Wildman–Crippen MR) is 164 cm³/mol. The molecule has 2 aromatic carbocycles. The van der Waals surface area contributed by atoms with Gasteiger partial charge in [-0.25, -0.2) is 0 Å². The van der Waals surface area contributed by atoms with Crippen molar-refractivity contribution in [2.75, 3.05) is 14.1 Å². The third kappa shape index (κ3) is 4.40. The van der Waals surface area contributed by atoms with Gasteiger partial charge in [0, 0.05) is 40.9 Å². The Balaban J connectivity index is 1.62. The first-order valence-electron chi connectivity index (χ1n) is 14.1. The number of hydrogen-bond acceptors (Lipinski definition) is 7. The lowest BCUT2D eigenvalue weighted by molar-refractivity contribution is -0.0451. The van der Waals surface area contributed by atoms with Gasteiger partial charge in [0.1, 0.15) is 17.3 Å². The van der Waals surface area contributed by atoms with E-state index in [1.54, 1.807) is 6.07 Å². The average molecular weight is 556 g/mol. The second-order valence-electron chi connectivity index (χ2n) is 12.1.